The molecule has 2 aromatic carbocycles. The summed E-state index contributed by atoms with van der Waals surface area (Å²) in [6.45, 7) is 7.76. The molecule has 2 aromatic rings. The molecule has 1 N–H and O–H groups in total. The fourth-order valence-corrected chi connectivity index (χ4v) is 6.03. The van der Waals surface area contributed by atoms with Gasteiger partial charge in [0.2, 0.25) is 0 Å². The number of Topliss-reactive ketones (excluding diaryl/α,β-unsaturated/α-hetero) is 1. The zero-order chi connectivity index (χ0) is 27.6. The van der Waals surface area contributed by atoms with Crippen LogP contribution in [-0.2, 0) is 34.2 Å². The zero-order valence-electron chi connectivity index (χ0n) is 22.4. The van der Waals surface area contributed by atoms with E-state index in [1.807, 2.05) is 64.1 Å². The lowest BCUT2D eigenvalue weighted by molar-refractivity contribution is -0.141. The summed E-state index contributed by atoms with van der Waals surface area (Å²) in [5, 5.41) is 2.93. The van der Waals surface area contributed by atoms with Crippen LogP contribution in [0.5, 0.6) is 0 Å². The highest BCUT2D eigenvalue weighted by molar-refractivity contribution is 6.24. The Morgan fingerprint density at radius 2 is 1.61 bits per heavy atom. The Labute approximate surface area is 221 Å². The first-order chi connectivity index (χ1) is 18.0. The molecule has 8 heteroatoms. The molecule has 196 valence electrons. The van der Waals surface area contributed by atoms with Crippen LogP contribution in [0.3, 0.4) is 0 Å². The molecule has 0 radical (unpaired) electrons. The number of ketones is 1. The van der Waals surface area contributed by atoms with E-state index in [1.165, 1.54) is 14.2 Å². The molecule has 0 saturated heterocycles. The van der Waals surface area contributed by atoms with Gasteiger partial charge in [0.25, 0.3) is 5.91 Å². The number of hydrogen-bond donors (Lipinski definition) is 1. The maximum absolute atomic E-state index is 14.3. The Morgan fingerprint density at radius 3 is 2.26 bits per heavy atom. The van der Waals surface area contributed by atoms with Crippen LogP contribution in [0.4, 0.5) is 11.4 Å². The topological polar surface area (TPSA) is 102 Å². The number of nitrogens with one attached hydrogen (secondary N) is 1. The summed E-state index contributed by atoms with van der Waals surface area (Å²) in [4.78, 5) is 57.1. The number of methoxy groups -OCH3 is 2. The second kappa shape index (κ2) is 8.68. The Balaban J connectivity index is 2.03. The summed E-state index contributed by atoms with van der Waals surface area (Å²) in [6.07, 6.45) is 0.546. The van der Waals surface area contributed by atoms with Crippen LogP contribution in [0, 0.1) is 19.3 Å². The summed E-state index contributed by atoms with van der Waals surface area (Å²) in [7, 11) is 2.38. The second-order valence-electron chi connectivity index (χ2n) is 10.9. The van der Waals surface area contributed by atoms with Crippen molar-refractivity contribution in [2.24, 2.45) is 5.41 Å². The summed E-state index contributed by atoms with van der Waals surface area (Å²) >= 11 is 0. The molecule has 0 aromatic heterocycles. The largest absolute Gasteiger partial charge is 0.466 e. The van der Waals surface area contributed by atoms with Gasteiger partial charge in [-0.1, -0.05) is 43.7 Å². The molecule has 2 heterocycles. The van der Waals surface area contributed by atoms with Crippen LogP contribution in [0.1, 0.15) is 43.4 Å². The highest BCUT2D eigenvalue weighted by atomic mass is 16.5. The van der Waals surface area contributed by atoms with Gasteiger partial charge in [0, 0.05) is 29.1 Å². The summed E-state index contributed by atoms with van der Waals surface area (Å²) < 4.78 is 10.3. The summed E-state index contributed by atoms with van der Waals surface area (Å²) in [5.41, 5.74) is 1.24. The molecule has 38 heavy (non-hydrogen) atoms. The van der Waals surface area contributed by atoms with Gasteiger partial charge in [-0.15, -0.1) is 0 Å². The highest BCUT2D eigenvalue weighted by Crippen LogP contribution is 2.57. The number of esters is 2. The van der Waals surface area contributed by atoms with E-state index in [0.29, 0.717) is 29.1 Å². The number of nitrogens with zero attached hydrogens (tertiary/aromatic N) is 1. The third-order valence-electron chi connectivity index (χ3n) is 7.50. The number of aryl methyl sites for hydroxylation is 2. The summed E-state index contributed by atoms with van der Waals surface area (Å²) in [5.74, 6) is -2.59. The van der Waals surface area contributed by atoms with E-state index in [1.54, 1.807) is 11.0 Å². The molecule has 0 bridgehead atoms. The van der Waals surface area contributed by atoms with Crippen molar-refractivity contribution in [3.05, 3.63) is 81.6 Å². The number of carbonyl (C=O) groups excluding carboxylic acids is 4. The number of rotatable bonds is 3. The van der Waals surface area contributed by atoms with E-state index >= 15 is 0 Å². The molecule has 1 atom stereocenters. The van der Waals surface area contributed by atoms with Gasteiger partial charge in [-0.2, -0.15) is 0 Å². The van der Waals surface area contributed by atoms with Crippen molar-refractivity contribution in [1.82, 2.24) is 0 Å². The molecular weight excluding hydrogens is 484 g/mol. The van der Waals surface area contributed by atoms with Gasteiger partial charge in [-0.05, 0) is 49.4 Å². The molecule has 0 fully saturated rings. The minimum Gasteiger partial charge on any atom is -0.466 e. The van der Waals surface area contributed by atoms with Crippen molar-refractivity contribution in [1.29, 1.82) is 0 Å². The van der Waals surface area contributed by atoms with Crippen LogP contribution in [0.25, 0.3) is 0 Å². The number of anilines is 2. The first-order valence-corrected chi connectivity index (χ1v) is 12.4. The smallest absolute Gasteiger partial charge is 0.339 e. The lowest BCUT2D eigenvalue weighted by Crippen LogP contribution is -2.58. The minimum atomic E-state index is -1.82. The molecule has 1 unspecified atom stereocenters. The Hall–Kier alpha value is -4.20. The van der Waals surface area contributed by atoms with Crippen LogP contribution in [-0.4, -0.2) is 37.8 Å². The van der Waals surface area contributed by atoms with Crippen molar-refractivity contribution >= 4 is 35.0 Å². The first-order valence-electron chi connectivity index (χ1n) is 12.4. The highest BCUT2D eigenvalue weighted by Gasteiger charge is 2.63. The van der Waals surface area contributed by atoms with E-state index < -0.39 is 28.8 Å². The van der Waals surface area contributed by atoms with Gasteiger partial charge >= 0.3 is 11.9 Å². The molecule has 1 spiro atoms. The van der Waals surface area contributed by atoms with Crippen LogP contribution in [0.2, 0.25) is 0 Å². The van der Waals surface area contributed by atoms with Crippen molar-refractivity contribution in [3.8, 4) is 0 Å². The quantitative estimate of drug-likeness (QED) is 0.611. The fourth-order valence-electron chi connectivity index (χ4n) is 6.03. The molecule has 0 saturated carbocycles. The maximum atomic E-state index is 14.3. The lowest BCUT2D eigenvalue weighted by Gasteiger charge is -2.50. The van der Waals surface area contributed by atoms with E-state index in [4.69, 9.17) is 9.47 Å². The summed E-state index contributed by atoms with van der Waals surface area (Å²) in [6, 6.07) is 13.0. The first kappa shape index (κ1) is 25.4. The lowest BCUT2D eigenvalue weighted by atomic mass is 9.66. The van der Waals surface area contributed by atoms with E-state index in [-0.39, 0.29) is 28.9 Å². The number of ether oxygens (including phenoxy) is 2. The van der Waals surface area contributed by atoms with Gasteiger partial charge in [-0.3, -0.25) is 9.59 Å². The van der Waals surface area contributed by atoms with Crippen LogP contribution in [0.15, 0.2) is 64.9 Å². The van der Waals surface area contributed by atoms with Gasteiger partial charge in [0.15, 0.2) is 11.3 Å². The van der Waals surface area contributed by atoms with Crippen LogP contribution >= 0.6 is 0 Å². The molecular formula is C30H30N2O6. The monoisotopic (exact) mass is 514 g/mol. The third-order valence-corrected chi connectivity index (χ3v) is 7.50. The van der Waals surface area contributed by atoms with Gasteiger partial charge in [0.1, 0.15) is 0 Å². The maximum Gasteiger partial charge on any atom is 0.339 e. The van der Waals surface area contributed by atoms with Crippen molar-refractivity contribution in [2.75, 3.05) is 24.4 Å². The zero-order valence-corrected chi connectivity index (χ0v) is 22.4. The molecule has 1 aliphatic carbocycles. The van der Waals surface area contributed by atoms with Crippen molar-refractivity contribution in [3.63, 3.8) is 0 Å². The Morgan fingerprint density at radius 1 is 0.921 bits per heavy atom. The van der Waals surface area contributed by atoms with E-state index in [9.17, 15) is 19.2 Å². The number of fused-ring (bicyclic) bond motifs is 2. The number of carbonyl (C=O) groups is 4. The van der Waals surface area contributed by atoms with E-state index in [0.717, 1.165) is 11.1 Å². The van der Waals surface area contributed by atoms with Gasteiger partial charge in [-0.25, -0.2) is 9.59 Å². The Bertz CT molecular complexity index is 1500. The minimum absolute atomic E-state index is 0.0950. The Kier molecular flexibility index (Phi) is 5.82. The average molecular weight is 515 g/mol. The molecule has 2 aliphatic heterocycles. The number of benzene rings is 2. The predicted octanol–water partition coefficient (Wildman–Crippen LogP) is 4.26. The number of amides is 1. The van der Waals surface area contributed by atoms with Crippen molar-refractivity contribution < 1.29 is 28.7 Å². The SMILES string of the molecule is COC(=O)C1=C(C(=O)OC)C2(C(=O)Nc3ccc(C)cc32)N(c2cccc(C)c2)C2=C1C(=O)CC(C)(C)C2. The molecule has 5 rings (SSSR count). The van der Waals surface area contributed by atoms with Gasteiger partial charge in [0.05, 0.1) is 30.9 Å². The number of allylic oxidation sites excluding steroid dienone is 1. The fraction of sp³-hybridized carbons (Fsp3) is 0.333. The molecule has 1 amide bonds. The van der Waals surface area contributed by atoms with E-state index in [2.05, 4.69) is 5.32 Å². The molecule has 8 nitrogen and oxygen atoms in total. The van der Waals surface area contributed by atoms with Crippen LogP contribution < -0.4 is 10.2 Å². The van der Waals surface area contributed by atoms with Gasteiger partial charge < -0.3 is 19.7 Å². The second-order valence-corrected chi connectivity index (χ2v) is 10.9. The predicted molar refractivity (Wildman–Crippen MR) is 141 cm³/mol. The number of hydrogen-bond acceptors (Lipinski definition) is 7. The third kappa shape index (κ3) is 3.50. The van der Waals surface area contributed by atoms with Crippen molar-refractivity contribution in [2.45, 2.75) is 46.1 Å². The normalized spacial score (nSPS) is 21.8. The average Bonchev–Trinajstić information content (AvgIpc) is 3.12. The standard InChI is InChI=1S/C30H30N2O6/c1-16-8-7-9-18(12-16)32-21-14-29(3,4)15-22(33)23(21)24(26(34)37-5)25(27(35)38-6)30(32)19-13-17(2)10-11-20(19)31-28(30)36/h7-13H,14-15H2,1-6H3,(H,31,36). The molecule has 3 aliphatic rings.